The van der Waals surface area contributed by atoms with Gasteiger partial charge in [0.15, 0.2) is 6.19 Å². The summed E-state index contributed by atoms with van der Waals surface area (Å²) in [6.07, 6.45) is 1.90. The smallest absolute Gasteiger partial charge is 0.318 e. The molecule has 0 radical (unpaired) electrons. The number of nitrogens with zero attached hydrogens (tertiary/aromatic N) is 3. The van der Waals surface area contributed by atoms with Gasteiger partial charge >= 0.3 is 6.03 Å². The van der Waals surface area contributed by atoms with E-state index in [9.17, 15) is 4.79 Å². The summed E-state index contributed by atoms with van der Waals surface area (Å²) in [5.74, 6) is 0. The summed E-state index contributed by atoms with van der Waals surface area (Å²) in [4.78, 5) is 14.4. The van der Waals surface area contributed by atoms with Gasteiger partial charge in [-0.05, 0) is 12.5 Å². The third-order valence-corrected chi connectivity index (χ3v) is 2.94. The van der Waals surface area contributed by atoms with Gasteiger partial charge in [-0.1, -0.05) is 29.8 Å². The lowest BCUT2D eigenvalue weighted by molar-refractivity contribution is 0.205. The average molecular weight is 215 g/mol. The molecule has 0 bridgehead atoms. The number of hydrogen-bond acceptors (Lipinski definition) is 2. The standard InChI is InChI=1S/C12H13N3O/c1-9-3-5-10(6-4-9)11-7-15(8-13)12(16)14(11)2/h3-6,11H,7H2,1-2H3. The molecule has 1 aliphatic rings. The molecule has 1 atom stereocenters. The minimum absolute atomic E-state index is 0.0206. The Labute approximate surface area is 94.7 Å². The van der Waals surface area contributed by atoms with Gasteiger partial charge in [0.25, 0.3) is 0 Å². The number of aryl methyl sites for hydroxylation is 1. The van der Waals surface area contributed by atoms with E-state index in [2.05, 4.69) is 0 Å². The molecule has 2 rings (SSSR count). The zero-order valence-electron chi connectivity index (χ0n) is 9.34. The molecule has 1 aliphatic heterocycles. The lowest BCUT2D eigenvalue weighted by Crippen LogP contribution is -2.26. The molecule has 0 aliphatic carbocycles. The molecule has 2 amide bonds. The van der Waals surface area contributed by atoms with E-state index in [0.29, 0.717) is 6.54 Å². The summed E-state index contributed by atoms with van der Waals surface area (Å²) >= 11 is 0. The molecular weight excluding hydrogens is 202 g/mol. The number of urea groups is 1. The first-order valence-electron chi connectivity index (χ1n) is 5.14. The van der Waals surface area contributed by atoms with Crippen molar-refractivity contribution in [3.8, 4) is 6.19 Å². The molecule has 1 heterocycles. The van der Waals surface area contributed by atoms with Crippen LogP contribution < -0.4 is 0 Å². The van der Waals surface area contributed by atoms with Crippen molar-refractivity contribution in [3.63, 3.8) is 0 Å². The summed E-state index contributed by atoms with van der Waals surface area (Å²) in [5.41, 5.74) is 2.26. The normalized spacial score (nSPS) is 20.1. The summed E-state index contributed by atoms with van der Waals surface area (Å²) < 4.78 is 0. The van der Waals surface area contributed by atoms with Crippen molar-refractivity contribution in [2.75, 3.05) is 13.6 Å². The predicted octanol–water partition coefficient (Wildman–Crippen LogP) is 1.88. The Hall–Kier alpha value is -2.02. The van der Waals surface area contributed by atoms with E-state index in [1.54, 1.807) is 11.9 Å². The van der Waals surface area contributed by atoms with E-state index in [4.69, 9.17) is 5.26 Å². The van der Waals surface area contributed by atoms with E-state index in [0.717, 1.165) is 5.56 Å². The summed E-state index contributed by atoms with van der Waals surface area (Å²) in [5, 5.41) is 8.79. The third-order valence-electron chi connectivity index (χ3n) is 2.94. The minimum atomic E-state index is -0.229. The van der Waals surface area contributed by atoms with Crippen molar-refractivity contribution in [2.24, 2.45) is 0 Å². The second-order valence-corrected chi connectivity index (χ2v) is 4.03. The predicted molar refractivity (Wildman–Crippen MR) is 59.4 cm³/mol. The maximum atomic E-state index is 11.6. The Bertz CT molecular complexity index is 446. The van der Waals surface area contributed by atoms with Gasteiger partial charge in [-0.25, -0.2) is 9.69 Å². The molecule has 1 unspecified atom stereocenters. The molecule has 1 saturated heterocycles. The van der Waals surface area contributed by atoms with Crippen molar-refractivity contribution < 1.29 is 4.79 Å². The van der Waals surface area contributed by atoms with Gasteiger partial charge < -0.3 is 4.90 Å². The number of carbonyl (C=O) groups is 1. The van der Waals surface area contributed by atoms with Crippen molar-refractivity contribution in [1.82, 2.24) is 9.80 Å². The molecule has 1 aromatic carbocycles. The van der Waals surface area contributed by atoms with Crippen LogP contribution in [-0.4, -0.2) is 29.4 Å². The molecule has 1 aromatic rings. The Kier molecular flexibility index (Phi) is 2.53. The average Bonchev–Trinajstić information content (AvgIpc) is 2.57. The summed E-state index contributed by atoms with van der Waals surface area (Å²) in [6.45, 7) is 2.46. The molecule has 0 saturated carbocycles. The van der Waals surface area contributed by atoms with Crippen molar-refractivity contribution in [1.29, 1.82) is 5.26 Å². The van der Waals surface area contributed by atoms with Crippen LogP contribution in [0.5, 0.6) is 0 Å². The lowest BCUT2D eigenvalue weighted by atomic mass is 10.1. The fourth-order valence-electron chi connectivity index (χ4n) is 1.90. The summed E-state index contributed by atoms with van der Waals surface area (Å²) in [7, 11) is 1.73. The molecule has 82 valence electrons. The second kappa shape index (κ2) is 3.86. The largest absolute Gasteiger partial charge is 0.333 e. The fourth-order valence-corrected chi connectivity index (χ4v) is 1.90. The number of benzene rings is 1. The topological polar surface area (TPSA) is 47.3 Å². The number of rotatable bonds is 1. The quantitative estimate of drug-likeness (QED) is 0.671. The van der Waals surface area contributed by atoms with Crippen LogP contribution in [0.2, 0.25) is 0 Å². The van der Waals surface area contributed by atoms with Crippen LogP contribution in [0.25, 0.3) is 0 Å². The molecule has 0 aromatic heterocycles. The van der Waals surface area contributed by atoms with E-state index in [1.807, 2.05) is 37.4 Å². The maximum Gasteiger partial charge on any atom is 0.333 e. The van der Waals surface area contributed by atoms with E-state index in [1.165, 1.54) is 10.5 Å². The fraction of sp³-hybridized carbons (Fsp3) is 0.333. The maximum absolute atomic E-state index is 11.6. The zero-order valence-corrected chi connectivity index (χ0v) is 9.34. The first-order valence-corrected chi connectivity index (χ1v) is 5.14. The second-order valence-electron chi connectivity index (χ2n) is 4.03. The summed E-state index contributed by atoms with van der Waals surface area (Å²) in [6, 6.07) is 7.79. The van der Waals surface area contributed by atoms with Crippen LogP contribution in [0.3, 0.4) is 0 Å². The van der Waals surface area contributed by atoms with Gasteiger partial charge in [0.2, 0.25) is 0 Å². The Morgan fingerprint density at radius 3 is 2.50 bits per heavy atom. The van der Waals surface area contributed by atoms with E-state index in [-0.39, 0.29) is 12.1 Å². The molecule has 0 spiro atoms. The van der Waals surface area contributed by atoms with Crippen LogP contribution in [0, 0.1) is 18.4 Å². The lowest BCUT2D eigenvalue weighted by Gasteiger charge is -2.17. The first kappa shape index (κ1) is 10.5. The van der Waals surface area contributed by atoms with Gasteiger partial charge in [-0.3, -0.25) is 0 Å². The van der Waals surface area contributed by atoms with Crippen molar-refractivity contribution in [2.45, 2.75) is 13.0 Å². The number of likely N-dealkylation sites (N-methyl/N-ethyl adjacent to an activating group) is 1. The Morgan fingerprint density at radius 2 is 2.00 bits per heavy atom. The van der Waals surface area contributed by atoms with Gasteiger partial charge in [-0.15, -0.1) is 0 Å². The van der Waals surface area contributed by atoms with Crippen LogP contribution in [0.4, 0.5) is 4.79 Å². The SMILES string of the molecule is Cc1ccc(C2CN(C#N)C(=O)N2C)cc1. The zero-order chi connectivity index (χ0) is 11.7. The monoisotopic (exact) mass is 215 g/mol. The van der Waals surface area contributed by atoms with E-state index >= 15 is 0 Å². The molecule has 4 heteroatoms. The highest BCUT2D eigenvalue weighted by Gasteiger charge is 2.35. The highest BCUT2D eigenvalue weighted by Crippen LogP contribution is 2.27. The van der Waals surface area contributed by atoms with Gasteiger partial charge in [0.1, 0.15) is 0 Å². The van der Waals surface area contributed by atoms with Crippen LogP contribution in [-0.2, 0) is 0 Å². The number of hydrogen-bond donors (Lipinski definition) is 0. The highest BCUT2D eigenvalue weighted by atomic mass is 16.2. The Morgan fingerprint density at radius 1 is 1.38 bits per heavy atom. The number of amides is 2. The van der Waals surface area contributed by atoms with Gasteiger partial charge in [-0.2, -0.15) is 5.26 Å². The third kappa shape index (κ3) is 1.61. The number of nitriles is 1. The molecule has 1 fully saturated rings. The molecule has 4 nitrogen and oxygen atoms in total. The van der Waals surface area contributed by atoms with Gasteiger partial charge in [0.05, 0.1) is 12.6 Å². The van der Waals surface area contributed by atoms with Crippen molar-refractivity contribution >= 4 is 6.03 Å². The number of carbonyl (C=O) groups excluding carboxylic acids is 1. The van der Waals surface area contributed by atoms with Gasteiger partial charge in [0, 0.05) is 7.05 Å². The first-order chi connectivity index (χ1) is 7.63. The van der Waals surface area contributed by atoms with E-state index < -0.39 is 0 Å². The highest BCUT2D eigenvalue weighted by molar-refractivity contribution is 5.78. The van der Waals surface area contributed by atoms with Crippen molar-refractivity contribution in [3.05, 3.63) is 35.4 Å². The van der Waals surface area contributed by atoms with Crippen LogP contribution >= 0.6 is 0 Å². The Balaban J connectivity index is 2.27. The van der Waals surface area contributed by atoms with Crippen LogP contribution in [0.1, 0.15) is 17.2 Å². The minimum Gasteiger partial charge on any atom is -0.318 e. The molecule has 16 heavy (non-hydrogen) atoms. The molecule has 0 N–H and O–H groups in total. The molecular formula is C12H13N3O. The van der Waals surface area contributed by atoms with Crippen LogP contribution in [0.15, 0.2) is 24.3 Å².